The summed E-state index contributed by atoms with van der Waals surface area (Å²) in [5, 5.41) is 9.40. The van der Waals surface area contributed by atoms with E-state index in [2.05, 4.69) is 0 Å². The van der Waals surface area contributed by atoms with Crippen LogP contribution in [0.15, 0.2) is 72.8 Å². The van der Waals surface area contributed by atoms with Crippen LogP contribution in [0.2, 0.25) is 0 Å². The topological polar surface area (TPSA) is 91.8 Å². The molecule has 3 aliphatic carbocycles. The Labute approximate surface area is 189 Å². The molecule has 1 saturated heterocycles. The minimum absolute atomic E-state index is 0.0150. The second-order valence-corrected chi connectivity index (χ2v) is 8.89. The predicted molar refractivity (Wildman–Crippen MR) is 119 cm³/mol. The van der Waals surface area contributed by atoms with E-state index in [0.29, 0.717) is 0 Å². The van der Waals surface area contributed by atoms with Crippen molar-refractivity contribution in [2.75, 3.05) is 4.90 Å². The second-order valence-electron chi connectivity index (χ2n) is 8.89. The van der Waals surface area contributed by atoms with Crippen molar-refractivity contribution in [3.05, 3.63) is 101 Å². The molecule has 2 unspecified atom stereocenters. The van der Waals surface area contributed by atoms with Gasteiger partial charge in [0, 0.05) is 5.92 Å². The summed E-state index contributed by atoms with van der Waals surface area (Å²) in [7, 11) is 0. The predicted octanol–water partition coefficient (Wildman–Crippen LogP) is 3.52. The molecule has 1 N–H and O–H groups in total. The molecule has 6 nitrogen and oxygen atoms in total. The maximum Gasteiger partial charge on any atom is 0.335 e. The Morgan fingerprint density at radius 3 is 2.03 bits per heavy atom. The number of hydrogen-bond donors (Lipinski definition) is 1. The Morgan fingerprint density at radius 2 is 1.45 bits per heavy atom. The molecule has 2 amide bonds. The van der Waals surface area contributed by atoms with Gasteiger partial charge >= 0.3 is 5.97 Å². The molecule has 162 valence electrons. The quantitative estimate of drug-likeness (QED) is 0.633. The molecule has 1 fully saturated rings. The number of benzene rings is 3. The van der Waals surface area contributed by atoms with E-state index in [1.165, 1.54) is 25.1 Å². The van der Waals surface area contributed by atoms with Crippen LogP contribution >= 0.6 is 0 Å². The van der Waals surface area contributed by atoms with Crippen molar-refractivity contribution in [3.63, 3.8) is 0 Å². The van der Waals surface area contributed by atoms with Crippen LogP contribution in [0.1, 0.15) is 45.5 Å². The molecule has 0 aromatic heterocycles. The van der Waals surface area contributed by atoms with Gasteiger partial charge in [0.2, 0.25) is 11.8 Å². The lowest BCUT2D eigenvalue weighted by molar-refractivity contribution is -0.132. The molecule has 4 aliphatic rings. The van der Waals surface area contributed by atoms with Crippen LogP contribution in [0.25, 0.3) is 0 Å². The molecule has 1 heterocycles. The molecule has 1 aliphatic heterocycles. The molecule has 2 bridgehead atoms. The fourth-order valence-corrected chi connectivity index (χ4v) is 6.40. The number of carboxylic acid groups (broad SMARTS) is 1. The smallest absolute Gasteiger partial charge is 0.335 e. The van der Waals surface area contributed by atoms with E-state index < -0.39 is 35.0 Å². The van der Waals surface area contributed by atoms with Gasteiger partial charge in [-0.05, 0) is 47.4 Å². The highest BCUT2D eigenvalue weighted by molar-refractivity contribution is 6.25. The molecular weight excluding hydrogens is 418 g/mol. The van der Waals surface area contributed by atoms with Crippen molar-refractivity contribution in [1.29, 1.82) is 0 Å². The van der Waals surface area contributed by atoms with Gasteiger partial charge in [-0.25, -0.2) is 9.69 Å². The number of amides is 2. The molecule has 7 rings (SSSR count). The van der Waals surface area contributed by atoms with Crippen LogP contribution in [-0.4, -0.2) is 28.7 Å². The Bertz CT molecular complexity index is 1360. The SMILES string of the molecule is CC(=O)C12c3ccccc3C(c3ccccc31)C1C(=O)N(c3cccc(C(=O)O)c3)C(=O)C12. The third-order valence-corrected chi connectivity index (χ3v) is 7.52. The van der Waals surface area contributed by atoms with E-state index in [1.807, 2.05) is 48.5 Å². The van der Waals surface area contributed by atoms with Crippen molar-refractivity contribution >= 4 is 29.3 Å². The molecule has 0 radical (unpaired) electrons. The second kappa shape index (κ2) is 6.48. The maximum absolute atomic E-state index is 14.0. The van der Waals surface area contributed by atoms with Crippen LogP contribution in [0.5, 0.6) is 0 Å². The first-order valence-corrected chi connectivity index (χ1v) is 10.8. The van der Waals surface area contributed by atoms with Crippen LogP contribution < -0.4 is 4.90 Å². The standard InChI is InChI=1S/C27H19NO5/c1-14(29)27-19-11-4-2-9-17(19)21(18-10-3-5-12-20(18)27)22-23(27)25(31)28(24(22)30)16-8-6-7-15(13-16)26(32)33/h2-13,21-23H,1H3,(H,32,33). The number of rotatable bonds is 3. The summed E-state index contributed by atoms with van der Waals surface area (Å²) >= 11 is 0. The van der Waals surface area contributed by atoms with Gasteiger partial charge in [-0.2, -0.15) is 0 Å². The number of aromatic carboxylic acids is 1. The number of hydrogen-bond acceptors (Lipinski definition) is 4. The van der Waals surface area contributed by atoms with E-state index in [4.69, 9.17) is 0 Å². The third kappa shape index (κ3) is 2.22. The lowest BCUT2D eigenvalue weighted by atomic mass is 9.46. The molecule has 3 aromatic rings. The summed E-state index contributed by atoms with van der Waals surface area (Å²) < 4.78 is 0. The van der Waals surface area contributed by atoms with Gasteiger partial charge in [-0.1, -0.05) is 54.6 Å². The van der Waals surface area contributed by atoms with Gasteiger partial charge in [-0.3, -0.25) is 14.4 Å². The highest BCUT2D eigenvalue weighted by Crippen LogP contribution is 2.64. The van der Waals surface area contributed by atoms with Crippen molar-refractivity contribution in [1.82, 2.24) is 0 Å². The number of Topliss-reactive ketones (excluding diaryl/α,β-unsaturated/α-hetero) is 1. The summed E-state index contributed by atoms with van der Waals surface area (Å²) in [6, 6.07) is 21.0. The molecule has 2 atom stereocenters. The van der Waals surface area contributed by atoms with E-state index in [9.17, 15) is 24.3 Å². The Balaban J connectivity index is 1.64. The summed E-state index contributed by atoms with van der Waals surface area (Å²) in [5.41, 5.74) is 2.29. The Morgan fingerprint density at radius 1 is 0.848 bits per heavy atom. The molecule has 6 heteroatoms. The van der Waals surface area contributed by atoms with Crippen LogP contribution in [0.4, 0.5) is 5.69 Å². The molecule has 0 saturated carbocycles. The Kier molecular flexibility index (Phi) is 3.85. The lowest BCUT2D eigenvalue weighted by Gasteiger charge is -2.52. The number of anilines is 1. The number of carbonyl (C=O) groups is 4. The van der Waals surface area contributed by atoms with Crippen molar-refractivity contribution in [2.24, 2.45) is 11.8 Å². The number of carboxylic acids is 1. The van der Waals surface area contributed by atoms with E-state index >= 15 is 0 Å². The molecular formula is C27H19NO5. The van der Waals surface area contributed by atoms with Crippen LogP contribution in [0, 0.1) is 11.8 Å². The van der Waals surface area contributed by atoms with E-state index in [0.717, 1.165) is 27.2 Å². The maximum atomic E-state index is 14.0. The van der Waals surface area contributed by atoms with Crippen molar-refractivity contribution < 1.29 is 24.3 Å². The Hall–Kier alpha value is -4.06. The summed E-state index contributed by atoms with van der Waals surface area (Å²) in [4.78, 5) is 53.9. The van der Waals surface area contributed by atoms with Gasteiger partial charge in [0.25, 0.3) is 0 Å². The highest BCUT2D eigenvalue weighted by Gasteiger charge is 2.69. The fourth-order valence-electron chi connectivity index (χ4n) is 6.40. The number of imide groups is 1. The van der Waals surface area contributed by atoms with E-state index in [-0.39, 0.29) is 23.0 Å². The summed E-state index contributed by atoms with van der Waals surface area (Å²) in [6.45, 7) is 1.49. The molecule has 0 spiro atoms. The van der Waals surface area contributed by atoms with Gasteiger partial charge in [0.05, 0.1) is 28.5 Å². The van der Waals surface area contributed by atoms with Gasteiger partial charge in [-0.15, -0.1) is 0 Å². The third-order valence-electron chi connectivity index (χ3n) is 7.52. The zero-order chi connectivity index (χ0) is 23.1. The number of carbonyl (C=O) groups excluding carboxylic acids is 3. The zero-order valence-electron chi connectivity index (χ0n) is 17.7. The highest BCUT2D eigenvalue weighted by atomic mass is 16.4. The lowest BCUT2D eigenvalue weighted by Crippen LogP contribution is -2.57. The van der Waals surface area contributed by atoms with Crippen molar-refractivity contribution in [3.8, 4) is 0 Å². The fraction of sp³-hybridized carbons (Fsp3) is 0.185. The number of nitrogens with zero attached hydrogens (tertiary/aromatic N) is 1. The van der Waals surface area contributed by atoms with Gasteiger partial charge < -0.3 is 5.11 Å². The van der Waals surface area contributed by atoms with Gasteiger partial charge in [0.15, 0.2) is 0 Å². The average molecular weight is 437 g/mol. The first kappa shape index (κ1) is 19.6. The molecule has 33 heavy (non-hydrogen) atoms. The average Bonchev–Trinajstić information content (AvgIpc) is 3.09. The normalized spacial score (nSPS) is 26.6. The summed E-state index contributed by atoms with van der Waals surface area (Å²) in [6.07, 6.45) is 0. The van der Waals surface area contributed by atoms with Crippen LogP contribution in [-0.2, 0) is 19.8 Å². The van der Waals surface area contributed by atoms with Crippen LogP contribution in [0.3, 0.4) is 0 Å². The first-order chi connectivity index (χ1) is 15.9. The minimum atomic E-state index is -1.27. The van der Waals surface area contributed by atoms with Gasteiger partial charge in [0.1, 0.15) is 5.78 Å². The molecule has 3 aromatic carbocycles. The number of ketones is 1. The van der Waals surface area contributed by atoms with E-state index in [1.54, 1.807) is 6.07 Å². The van der Waals surface area contributed by atoms with Crippen molar-refractivity contribution in [2.45, 2.75) is 18.3 Å². The largest absolute Gasteiger partial charge is 0.478 e. The first-order valence-electron chi connectivity index (χ1n) is 10.8. The summed E-state index contributed by atoms with van der Waals surface area (Å²) in [5.74, 6) is -4.16. The zero-order valence-corrected chi connectivity index (χ0v) is 17.7. The minimum Gasteiger partial charge on any atom is -0.478 e. The monoisotopic (exact) mass is 437 g/mol.